The quantitative estimate of drug-likeness (QED) is 0.641. The van der Waals surface area contributed by atoms with Gasteiger partial charge in [-0.15, -0.1) is 0 Å². The molecule has 2 aromatic carbocycles. The number of carbonyl (C=O) groups excluding carboxylic acids is 2. The van der Waals surface area contributed by atoms with Gasteiger partial charge in [0.05, 0.1) is 12.7 Å². The van der Waals surface area contributed by atoms with E-state index in [1.165, 1.54) is 25.3 Å². The lowest BCUT2D eigenvalue weighted by atomic mass is 10.1. The summed E-state index contributed by atoms with van der Waals surface area (Å²) in [7, 11) is 1.24. The van der Waals surface area contributed by atoms with E-state index in [9.17, 15) is 9.59 Å². The molecule has 0 saturated heterocycles. The van der Waals surface area contributed by atoms with Crippen molar-refractivity contribution in [3.05, 3.63) is 64.2 Å². The Morgan fingerprint density at radius 1 is 1.00 bits per heavy atom. The zero-order valence-electron chi connectivity index (χ0n) is 11.6. The van der Waals surface area contributed by atoms with Crippen LogP contribution in [0.1, 0.15) is 26.3 Å². The van der Waals surface area contributed by atoms with Crippen LogP contribution in [0.4, 0.5) is 0 Å². The summed E-state index contributed by atoms with van der Waals surface area (Å²) in [5.41, 5.74) is 1.53. The first-order chi connectivity index (χ1) is 10.0. The van der Waals surface area contributed by atoms with Crippen LogP contribution in [0.25, 0.3) is 0 Å². The molecule has 0 N–H and O–H groups in total. The lowest BCUT2D eigenvalue weighted by molar-refractivity contribution is 0.0593. The number of esters is 2. The number of hydrogen-bond donors (Lipinski definition) is 0. The number of hydrogen-bond acceptors (Lipinski definition) is 4. The SMILES string of the molecule is COC(=O)c1cc(Cl)ccc1OC(=O)c1ccc(C)cc1. The van der Waals surface area contributed by atoms with Gasteiger partial charge in [-0.2, -0.15) is 0 Å². The van der Waals surface area contributed by atoms with Gasteiger partial charge in [-0.3, -0.25) is 0 Å². The van der Waals surface area contributed by atoms with Crippen LogP contribution in [0.2, 0.25) is 5.02 Å². The topological polar surface area (TPSA) is 52.6 Å². The Morgan fingerprint density at radius 3 is 2.29 bits per heavy atom. The number of rotatable bonds is 3. The van der Waals surface area contributed by atoms with Crippen molar-refractivity contribution in [2.45, 2.75) is 6.92 Å². The molecular formula is C16H13ClO4. The molecule has 5 heteroatoms. The summed E-state index contributed by atoms with van der Waals surface area (Å²) in [6.07, 6.45) is 0. The number of aryl methyl sites for hydroxylation is 1. The second-order valence-electron chi connectivity index (χ2n) is 4.39. The highest BCUT2D eigenvalue weighted by Crippen LogP contribution is 2.24. The van der Waals surface area contributed by atoms with Gasteiger partial charge in [0.1, 0.15) is 11.3 Å². The van der Waals surface area contributed by atoms with E-state index in [2.05, 4.69) is 4.74 Å². The number of methoxy groups -OCH3 is 1. The fraction of sp³-hybridized carbons (Fsp3) is 0.125. The Balaban J connectivity index is 2.28. The van der Waals surface area contributed by atoms with Crippen LogP contribution in [-0.4, -0.2) is 19.0 Å². The number of ether oxygens (including phenoxy) is 2. The minimum atomic E-state index is -0.621. The van der Waals surface area contributed by atoms with Crippen LogP contribution in [0, 0.1) is 6.92 Å². The van der Waals surface area contributed by atoms with Crippen LogP contribution in [0.3, 0.4) is 0 Å². The summed E-state index contributed by atoms with van der Waals surface area (Å²) < 4.78 is 9.90. The highest BCUT2D eigenvalue weighted by atomic mass is 35.5. The zero-order chi connectivity index (χ0) is 15.4. The molecule has 0 atom stereocenters. The standard InChI is InChI=1S/C16H13ClO4/c1-10-3-5-11(6-4-10)15(18)21-14-8-7-12(17)9-13(14)16(19)20-2/h3-9H,1-2H3. The van der Waals surface area contributed by atoms with Crippen LogP contribution in [0.15, 0.2) is 42.5 Å². The molecule has 108 valence electrons. The van der Waals surface area contributed by atoms with Crippen molar-refractivity contribution in [3.8, 4) is 5.75 Å². The molecule has 21 heavy (non-hydrogen) atoms. The minimum absolute atomic E-state index is 0.102. The van der Waals surface area contributed by atoms with Crippen LogP contribution in [-0.2, 0) is 4.74 Å². The van der Waals surface area contributed by atoms with Crippen molar-refractivity contribution < 1.29 is 19.1 Å². The zero-order valence-corrected chi connectivity index (χ0v) is 12.3. The van der Waals surface area contributed by atoms with Crippen molar-refractivity contribution in [3.63, 3.8) is 0 Å². The van der Waals surface area contributed by atoms with E-state index in [0.29, 0.717) is 10.6 Å². The van der Waals surface area contributed by atoms with Gasteiger partial charge in [-0.1, -0.05) is 29.3 Å². The molecule has 4 nitrogen and oxygen atoms in total. The van der Waals surface area contributed by atoms with Crippen molar-refractivity contribution in [1.82, 2.24) is 0 Å². The summed E-state index contributed by atoms with van der Waals surface area (Å²) in [6.45, 7) is 1.92. The molecule has 2 rings (SSSR count). The maximum Gasteiger partial charge on any atom is 0.343 e. The highest BCUT2D eigenvalue weighted by Gasteiger charge is 2.17. The van der Waals surface area contributed by atoms with Gasteiger partial charge in [0, 0.05) is 5.02 Å². The Hall–Kier alpha value is -2.33. The molecule has 0 amide bonds. The van der Waals surface area contributed by atoms with E-state index in [-0.39, 0.29) is 11.3 Å². The Labute approximate surface area is 127 Å². The van der Waals surface area contributed by atoms with E-state index < -0.39 is 11.9 Å². The number of halogens is 1. The summed E-state index contributed by atoms with van der Waals surface area (Å²) in [4.78, 5) is 23.7. The first kappa shape index (κ1) is 15.1. The molecule has 0 radical (unpaired) electrons. The van der Waals surface area contributed by atoms with Crippen LogP contribution < -0.4 is 4.74 Å². The third kappa shape index (κ3) is 3.61. The predicted molar refractivity (Wildman–Crippen MR) is 78.9 cm³/mol. The molecular weight excluding hydrogens is 292 g/mol. The largest absolute Gasteiger partial charge is 0.465 e. The fourth-order valence-corrected chi connectivity index (χ4v) is 1.88. The minimum Gasteiger partial charge on any atom is -0.465 e. The second-order valence-corrected chi connectivity index (χ2v) is 4.82. The first-order valence-corrected chi connectivity index (χ1v) is 6.56. The van der Waals surface area contributed by atoms with E-state index >= 15 is 0 Å². The van der Waals surface area contributed by atoms with Gasteiger partial charge in [-0.25, -0.2) is 9.59 Å². The van der Waals surface area contributed by atoms with E-state index in [1.807, 2.05) is 6.92 Å². The predicted octanol–water partition coefficient (Wildman–Crippen LogP) is 3.65. The summed E-state index contributed by atoms with van der Waals surface area (Å²) in [6, 6.07) is 11.3. The van der Waals surface area contributed by atoms with Crippen LogP contribution >= 0.6 is 11.6 Å². The molecule has 0 aliphatic heterocycles. The normalized spacial score (nSPS) is 10.0. The van der Waals surface area contributed by atoms with Gasteiger partial charge in [0.2, 0.25) is 0 Å². The number of benzene rings is 2. The molecule has 0 saturated carbocycles. The molecule has 0 aromatic heterocycles. The lowest BCUT2D eigenvalue weighted by Gasteiger charge is -2.09. The smallest absolute Gasteiger partial charge is 0.343 e. The van der Waals surface area contributed by atoms with Crippen LogP contribution in [0.5, 0.6) is 5.75 Å². The third-order valence-electron chi connectivity index (χ3n) is 2.84. The summed E-state index contributed by atoms with van der Waals surface area (Å²) >= 11 is 5.84. The molecule has 0 bridgehead atoms. The lowest BCUT2D eigenvalue weighted by Crippen LogP contribution is -2.12. The molecule has 0 spiro atoms. The fourth-order valence-electron chi connectivity index (χ4n) is 1.71. The van der Waals surface area contributed by atoms with Gasteiger partial charge in [0.25, 0.3) is 0 Å². The van der Waals surface area contributed by atoms with E-state index in [4.69, 9.17) is 16.3 Å². The Morgan fingerprint density at radius 2 is 1.67 bits per heavy atom. The van der Waals surface area contributed by atoms with Gasteiger partial charge < -0.3 is 9.47 Å². The van der Waals surface area contributed by atoms with Crippen molar-refractivity contribution in [2.24, 2.45) is 0 Å². The highest BCUT2D eigenvalue weighted by molar-refractivity contribution is 6.31. The average Bonchev–Trinajstić information content (AvgIpc) is 2.48. The molecule has 0 fully saturated rings. The molecule has 0 aliphatic rings. The van der Waals surface area contributed by atoms with Gasteiger partial charge >= 0.3 is 11.9 Å². The molecule has 0 aliphatic carbocycles. The maximum absolute atomic E-state index is 12.1. The van der Waals surface area contributed by atoms with Gasteiger partial charge in [0.15, 0.2) is 0 Å². The van der Waals surface area contributed by atoms with E-state index in [0.717, 1.165) is 5.56 Å². The molecule has 0 unspecified atom stereocenters. The summed E-state index contributed by atoms with van der Waals surface area (Å²) in [5.74, 6) is -1.07. The van der Waals surface area contributed by atoms with Crippen molar-refractivity contribution >= 4 is 23.5 Å². The average molecular weight is 305 g/mol. The Bertz CT molecular complexity index is 677. The first-order valence-electron chi connectivity index (χ1n) is 6.18. The second kappa shape index (κ2) is 6.41. The maximum atomic E-state index is 12.1. The van der Waals surface area contributed by atoms with E-state index in [1.54, 1.807) is 24.3 Å². The summed E-state index contributed by atoms with van der Waals surface area (Å²) in [5, 5.41) is 0.352. The molecule has 2 aromatic rings. The Kier molecular flexibility index (Phi) is 4.60. The monoisotopic (exact) mass is 304 g/mol. The number of carbonyl (C=O) groups is 2. The van der Waals surface area contributed by atoms with Gasteiger partial charge in [-0.05, 0) is 37.3 Å². The molecule has 0 heterocycles. The van der Waals surface area contributed by atoms with Crippen molar-refractivity contribution in [1.29, 1.82) is 0 Å². The third-order valence-corrected chi connectivity index (χ3v) is 3.07. The van der Waals surface area contributed by atoms with Crippen molar-refractivity contribution in [2.75, 3.05) is 7.11 Å².